The van der Waals surface area contributed by atoms with E-state index in [-0.39, 0.29) is 96.2 Å². The Hall–Kier alpha value is 3.74. The fourth-order valence-corrected chi connectivity index (χ4v) is 0. The van der Waals surface area contributed by atoms with Crippen molar-refractivity contribution >= 4 is 121 Å². The van der Waals surface area contributed by atoms with Gasteiger partial charge >= 0.3 is 96.2 Å². The van der Waals surface area contributed by atoms with Crippen LogP contribution in [-0.4, -0.2) is 96.2 Å². The first-order chi connectivity index (χ1) is 1.00. The van der Waals surface area contributed by atoms with Crippen molar-refractivity contribution in [1.29, 1.82) is 0 Å². The second-order valence-electron chi connectivity index (χ2n) is 0. The molecule has 4 heavy (non-hydrogen) atoms. The fraction of sp³-hybridized carbons (Fsp3) is 0. The van der Waals surface area contributed by atoms with E-state index in [1.54, 1.807) is 0 Å². The van der Waals surface area contributed by atoms with Crippen LogP contribution in [0, 0.1) is 0 Å². The molecule has 0 N–H and O–H groups in total. The van der Waals surface area contributed by atoms with Gasteiger partial charge in [-0.05, 0) is 10.1 Å². The second kappa shape index (κ2) is 15.9. The Morgan fingerprint density at radius 3 is 1.25 bits per heavy atom. The molecule has 0 rings (SSSR count). The van der Waals surface area contributed by atoms with E-state index in [9.17, 15) is 0 Å². The van der Waals surface area contributed by atoms with Gasteiger partial charge in [-0.2, -0.15) is 0 Å². The van der Waals surface area contributed by atoms with Crippen molar-refractivity contribution in [3.05, 3.63) is 0 Å². The van der Waals surface area contributed by atoms with Crippen LogP contribution in [0.1, 0.15) is 0 Å². The van der Waals surface area contributed by atoms with Gasteiger partial charge in [0.25, 0.3) is 0 Å². The van der Waals surface area contributed by atoms with Gasteiger partial charge in [0, 0.05) is 15.0 Å². The molecule has 0 aromatic rings. The van der Waals surface area contributed by atoms with E-state index < -0.39 is 0 Å². The summed E-state index contributed by atoms with van der Waals surface area (Å²) in [6.45, 7) is 0. The standard InChI is InChI=1S/BrCl.Cs.Pb.3H/c1-2;;;;;. The van der Waals surface area contributed by atoms with Crippen molar-refractivity contribution in [3.63, 3.8) is 0 Å². The van der Waals surface area contributed by atoms with Crippen LogP contribution in [0.3, 0.4) is 0 Å². The Morgan fingerprint density at radius 1 is 1.25 bits per heavy atom. The Balaban J connectivity index is -0.00000000500. The van der Waals surface area contributed by atoms with Crippen LogP contribution < -0.4 is 0 Å². The average Bonchev–Trinajstić information content (AvgIpc) is 1.00. The van der Waals surface area contributed by atoms with Gasteiger partial charge in [0.1, 0.15) is 0 Å². The van der Waals surface area contributed by atoms with Crippen LogP contribution in [0.4, 0.5) is 0 Å². The molecular formula is H3BrClCsPb. The van der Waals surface area contributed by atoms with E-state index >= 15 is 0 Å². The normalized spacial score (nSPS) is 1.50. The summed E-state index contributed by atoms with van der Waals surface area (Å²) in [5.74, 6) is 0. The van der Waals surface area contributed by atoms with E-state index in [1.165, 1.54) is 0 Å². The Bertz CT molecular complexity index is 8.00. The van der Waals surface area contributed by atoms with Gasteiger partial charge in [-0.3, -0.25) is 0 Å². The molecule has 22 valence electrons. The first-order valence-electron chi connectivity index (χ1n) is 0.143. The summed E-state index contributed by atoms with van der Waals surface area (Å²) in [5, 5.41) is 0. The first kappa shape index (κ1) is 15.6. The summed E-state index contributed by atoms with van der Waals surface area (Å²) in [6.07, 6.45) is 0. The minimum atomic E-state index is 0. The molecule has 0 nitrogen and oxygen atoms in total. The molecular weight excluding hydrogens is 455 g/mol. The quantitative estimate of drug-likeness (QED) is 0.448. The molecule has 0 aliphatic rings. The molecule has 0 atom stereocenters. The molecule has 0 heterocycles. The molecule has 0 aromatic carbocycles. The maximum absolute atomic E-state index is 4.45. The Labute approximate surface area is 117 Å². The first-order valence-corrected chi connectivity index (χ1v) is 2.23. The van der Waals surface area contributed by atoms with Gasteiger partial charge in [0.15, 0.2) is 0 Å². The van der Waals surface area contributed by atoms with Gasteiger partial charge in [-0.1, -0.05) is 0 Å². The third-order valence-corrected chi connectivity index (χ3v) is 0. The van der Waals surface area contributed by atoms with Crippen LogP contribution >= 0.6 is 25.1 Å². The second-order valence-corrected chi connectivity index (χ2v) is 0. The van der Waals surface area contributed by atoms with Gasteiger partial charge < -0.3 is 0 Å². The van der Waals surface area contributed by atoms with E-state index in [0.29, 0.717) is 0 Å². The van der Waals surface area contributed by atoms with E-state index in [0.717, 1.165) is 0 Å². The number of halogens is 2. The number of hydrogen-bond acceptors (Lipinski definition) is 0. The SMILES string of the molecule is ClBr.[CsH].[PbH2]. The molecule has 2 radical (unpaired) electrons. The molecule has 0 aliphatic heterocycles. The molecule has 0 saturated heterocycles. The summed E-state index contributed by atoms with van der Waals surface area (Å²) in [7, 11) is 4.45. The molecule has 0 unspecified atom stereocenters. The molecule has 0 bridgehead atoms. The van der Waals surface area contributed by atoms with Gasteiger partial charge in [0.05, 0.1) is 0 Å². The summed E-state index contributed by atoms with van der Waals surface area (Å²) < 4.78 is 0. The predicted molar refractivity (Wildman–Crippen MR) is 30.5 cm³/mol. The van der Waals surface area contributed by atoms with Crippen molar-refractivity contribution < 1.29 is 0 Å². The fourth-order valence-electron chi connectivity index (χ4n) is 0. The van der Waals surface area contributed by atoms with Crippen LogP contribution in [0.25, 0.3) is 0 Å². The summed E-state index contributed by atoms with van der Waals surface area (Å²) in [5.41, 5.74) is 0. The van der Waals surface area contributed by atoms with E-state index in [1.807, 2.05) is 0 Å². The molecule has 0 aliphatic carbocycles. The summed E-state index contributed by atoms with van der Waals surface area (Å²) in [4.78, 5) is 0. The number of hydrogen-bond donors (Lipinski definition) is 0. The zero-order valence-electron chi connectivity index (χ0n) is 1.46. The zero-order chi connectivity index (χ0) is 2.00. The molecule has 0 fully saturated rings. The number of rotatable bonds is 0. The van der Waals surface area contributed by atoms with Crippen molar-refractivity contribution in [1.82, 2.24) is 0 Å². The molecule has 0 saturated carbocycles. The van der Waals surface area contributed by atoms with Crippen LogP contribution in [-0.2, 0) is 0 Å². The summed E-state index contributed by atoms with van der Waals surface area (Å²) in [6, 6.07) is 0. The zero-order valence-corrected chi connectivity index (χ0v) is 9.30. The van der Waals surface area contributed by atoms with Crippen molar-refractivity contribution in [2.45, 2.75) is 0 Å². The minimum absolute atomic E-state index is 0. The maximum atomic E-state index is 4.45. The summed E-state index contributed by atoms with van der Waals surface area (Å²) >= 11 is 2.41. The van der Waals surface area contributed by atoms with Gasteiger partial charge in [-0.25, -0.2) is 0 Å². The van der Waals surface area contributed by atoms with Crippen LogP contribution in [0.15, 0.2) is 0 Å². The van der Waals surface area contributed by atoms with Gasteiger partial charge in [0.2, 0.25) is 0 Å². The Kier molecular flexibility index (Phi) is 62.1. The topological polar surface area (TPSA) is 0 Å². The monoisotopic (exact) mass is 458 g/mol. The molecule has 0 aromatic heterocycles. The predicted octanol–water partition coefficient (Wildman–Crippen LogP) is -0.0296. The Morgan fingerprint density at radius 2 is 1.25 bits per heavy atom. The average molecular weight is 458 g/mol. The molecule has 0 spiro atoms. The van der Waals surface area contributed by atoms with E-state index in [4.69, 9.17) is 0 Å². The van der Waals surface area contributed by atoms with Crippen molar-refractivity contribution in [2.24, 2.45) is 0 Å². The molecule has 0 amide bonds. The molecule has 4 heteroatoms. The third-order valence-electron chi connectivity index (χ3n) is 0. The van der Waals surface area contributed by atoms with Crippen LogP contribution in [0.5, 0.6) is 0 Å². The van der Waals surface area contributed by atoms with Gasteiger partial charge in [-0.15, -0.1) is 0 Å². The third kappa shape index (κ3) is 9.22. The van der Waals surface area contributed by atoms with Crippen LogP contribution in [0.2, 0.25) is 0 Å². The van der Waals surface area contributed by atoms with Crippen molar-refractivity contribution in [3.8, 4) is 0 Å². The van der Waals surface area contributed by atoms with E-state index in [2.05, 4.69) is 25.1 Å². The van der Waals surface area contributed by atoms with Crippen molar-refractivity contribution in [2.75, 3.05) is 0 Å².